The molecule has 1 atom stereocenters. The Balaban J connectivity index is 2.27. The van der Waals surface area contributed by atoms with Gasteiger partial charge in [0.1, 0.15) is 0 Å². The van der Waals surface area contributed by atoms with E-state index < -0.39 is 10.1 Å². The van der Waals surface area contributed by atoms with E-state index in [1.807, 2.05) is 0 Å². The van der Waals surface area contributed by atoms with Gasteiger partial charge in [-0.1, -0.05) is 12.1 Å². The minimum atomic E-state index is -3.35. The summed E-state index contributed by atoms with van der Waals surface area (Å²) < 4.78 is 27.4. The molecular weight excluding hydrogens is 236 g/mol. The molecule has 17 heavy (non-hydrogen) atoms. The molecule has 0 saturated carbocycles. The lowest BCUT2D eigenvalue weighted by atomic mass is 9.84. The van der Waals surface area contributed by atoms with Gasteiger partial charge in [-0.2, -0.15) is 8.42 Å². The second-order valence-corrected chi connectivity index (χ2v) is 6.42. The van der Waals surface area contributed by atoms with Crippen LogP contribution in [0.1, 0.15) is 28.7 Å². The summed E-state index contributed by atoms with van der Waals surface area (Å²) in [6.45, 7) is 4.18. The highest BCUT2D eigenvalue weighted by Gasteiger charge is 2.24. The average Bonchev–Trinajstić information content (AvgIpc) is 2.21. The molecule has 0 saturated heterocycles. The molecule has 0 aliphatic heterocycles. The van der Waals surface area contributed by atoms with Gasteiger partial charge in [0.05, 0.1) is 12.4 Å². The maximum atomic E-state index is 11.1. The number of benzene rings is 1. The first-order valence-electron chi connectivity index (χ1n) is 5.83. The molecule has 1 unspecified atom stereocenters. The third-order valence-electron chi connectivity index (χ3n) is 3.36. The van der Waals surface area contributed by atoms with Crippen LogP contribution >= 0.6 is 0 Å². The Morgan fingerprint density at radius 3 is 2.35 bits per heavy atom. The first kappa shape index (κ1) is 12.6. The predicted molar refractivity (Wildman–Crippen MR) is 67.7 cm³/mol. The van der Waals surface area contributed by atoms with Gasteiger partial charge in [0.25, 0.3) is 10.1 Å². The fraction of sp³-hybridized carbons (Fsp3) is 0.538. The smallest absolute Gasteiger partial charge is 0.264 e. The second kappa shape index (κ2) is 4.42. The topological polar surface area (TPSA) is 43.4 Å². The van der Waals surface area contributed by atoms with Gasteiger partial charge < -0.3 is 0 Å². The van der Waals surface area contributed by atoms with Crippen LogP contribution in [0.3, 0.4) is 0 Å². The Bertz CT molecular complexity index is 532. The minimum Gasteiger partial charge on any atom is -0.267 e. The van der Waals surface area contributed by atoms with Crippen LogP contribution in [0.25, 0.3) is 0 Å². The molecule has 0 radical (unpaired) electrons. The summed E-state index contributed by atoms with van der Waals surface area (Å²) in [6, 6.07) is 4.23. The molecule has 0 N–H and O–H groups in total. The van der Waals surface area contributed by atoms with Crippen LogP contribution < -0.4 is 0 Å². The molecule has 1 aliphatic rings. The molecule has 0 amide bonds. The molecule has 0 aromatic heterocycles. The average molecular weight is 254 g/mol. The monoisotopic (exact) mass is 254 g/mol. The van der Waals surface area contributed by atoms with Crippen LogP contribution in [0.4, 0.5) is 0 Å². The number of hydrogen-bond acceptors (Lipinski definition) is 3. The Kier molecular flexibility index (Phi) is 3.27. The van der Waals surface area contributed by atoms with Crippen molar-refractivity contribution in [1.29, 1.82) is 0 Å². The lowest BCUT2D eigenvalue weighted by Crippen LogP contribution is -2.26. The fourth-order valence-electron chi connectivity index (χ4n) is 2.52. The molecule has 0 fully saturated rings. The zero-order valence-corrected chi connectivity index (χ0v) is 11.3. The second-order valence-electron chi connectivity index (χ2n) is 4.82. The fourth-order valence-corrected chi connectivity index (χ4v) is 3.18. The van der Waals surface area contributed by atoms with Crippen molar-refractivity contribution in [2.24, 2.45) is 0 Å². The molecule has 1 aliphatic carbocycles. The van der Waals surface area contributed by atoms with E-state index >= 15 is 0 Å². The molecular formula is C13H18O3S. The summed E-state index contributed by atoms with van der Waals surface area (Å²) in [5.41, 5.74) is 5.17. The first-order valence-corrected chi connectivity index (χ1v) is 7.64. The number of fused-ring (bicyclic) bond motifs is 1. The number of hydrogen-bond donors (Lipinski definition) is 0. The predicted octanol–water partition coefficient (Wildman–Crippen LogP) is 2.14. The first-order chi connectivity index (χ1) is 7.87. The van der Waals surface area contributed by atoms with Gasteiger partial charge in [0.2, 0.25) is 0 Å². The van der Waals surface area contributed by atoms with Crippen molar-refractivity contribution in [3.05, 3.63) is 34.4 Å². The van der Waals surface area contributed by atoms with Crippen LogP contribution in [0.5, 0.6) is 0 Å². The largest absolute Gasteiger partial charge is 0.267 e. The van der Waals surface area contributed by atoms with Crippen molar-refractivity contribution in [1.82, 2.24) is 0 Å². The SMILES string of the molecule is Cc1ccc(C)c2c1CCC(OS(C)(=O)=O)C2. The Hall–Kier alpha value is -0.870. The molecule has 3 nitrogen and oxygen atoms in total. The molecule has 1 aromatic rings. The standard InChI is InChI=1S/C13H18O3S/c1-9-4-5-10(2)13-8-11(6-7-12(9)13)16-17(3,14)15/h4-5,11H,6-8H2,1-3H3. The molecule has 94 valence electrons. The number of rotatable bonds is 2. The quantitative estimate of drug-likeness (QED) is 0.759. The van der Waals surface area contributed by atoms with Crippen LogP contribution in [0, 0.1) is 13.8 Å². The highest BCUT2D eigenvalue weighted by Crippen LogP contribution is 2.29. The Morgan fingerprint density at radius 1 is 1.18 bits per heavy atom. The summed E-state index contributed by atoms with van der Waals surface area (Å²) in [5.74, 6) is 0. The molecule has 2 rings (SSSR count). The van der Waals surface area contributed by atoms with E-state index in [2.05, 4.69) is 26.0 Å². The molecule has 0 bridgehead atoms. The van der Waals surface area contributed by atoms with Crippen molar-refractivity contribution in [2.75, 3.05) is 6.26 Å². The zero-order chi connectivity index (χ0) is 12.6. The van der Waals surface area contributed by atoms with Crippen LogP contribution in [0.15, 0.2) is 12.1 Å². The minimum absolute atomic E-state index is 0.196. The van der Waals surface area contributed by atoms with Crippen molar-refractivity contribution in [3.63, 3.8) is 0 Å². The van der Waals surface area contributed by atoms with Gasteiger partial charge in [0.15, 0.2) is 0 Å². The van der Waals surface area contributed by atoms with E-state index in [1.54, 1.807) is 0 Å². The van der Waals surface area contributed by atoms with Crippen LogP contribution in [-0.2, 0) is 27.1 Å². The van der Waals surface area contributed by atoms with Crippen molar-refractivity contribution in [3.8, 4) is 0 Å². The molecule has 4 heteroatoms. The maximum absolute atomic E-state index is 11.1. The van der Waals surface area contributed by atoms with E-state index in [9.17, 15) is 8.42 Å². The zero-order valence-electron chi connectivity index (χ0n) is 10.5. The van der Waals surface area contributed by atoms with Gasteiger partial charge >= 0.3 is 0 Å². The normalized spacial score (nSPS) is 20.1. The van der Waals surface area contributed by atoms with Gasteiger partial charge in [-0.3, -0.25) is 4.18 Å². The summed E-state index contributed by atoms with van der Waals surface area (Å²) >= 11 is 0. The van der Waals surface area contributed by atoms with E-state index in [0.29, 0.717) is 6.42 Å². The summed E-state index contributed by atoms with van der Waals surface area (Å²) in [4.78, 5) is 0. The van der Waals surface area contributed by atoms with Gasteiger partial charge in [-0.15, -0.1) is 0 Å². The lowest BCUT2D eigenvalue weighted by molar-refractivity contribution is 0.194. The Morgan fingerprint density at radius 2 is 1.76 bits per heavy atom. The van der Waals surface area contributed by atoms with E-state index in [4.69, 9.17) is 4.18 Å². The number of aryl methyl sites for hydroxylation is 2. The Labute approximate surface area is 103 Å². The summed E-state index contributed by atoms with van der Waals surface area (Å²) in [7, 11) is -3.35. The molecule has 0 spiro atoms. The third-order valence-corrected chi connectivity index (χ3v) is 3.98. The molecule has 1 aromatic carbocycles. The van der Waals surface area contributed by atoms with E-state index in [0.717, 1.165) is 19.1 Å². The van der Waals surface area contributed by atoms with Crippen LogP contribution in [0.2, 0.25) is 0 Å². The van der Waals surface area contributed by atoms with Crippen molar-refractivity contribution < 1.29 is 12.6 Å². The van der Waals surface area contributed by atoms with E-state index in [-0.39, 0.29) is 6.10 Å². The lowest BCUT2D eigenvalue weighted by Gasteiger charge is -2.26. The van der Waals surface area contributed by atoms with Gasteiger partial charge in [-0.05, 0) is 48.9 Å². The van der Waals surface area contributed by atoms with Gasteiger partial charge in [0, 0.05) is 6.42 Å². The maximum Gasteiger partial charge on any atom is 0.264 e. The van der Waals surface area contributed by atoms with Crippen molar-refractivity contribution >= 4 is 10.1 Å². The van der Waals surface area contributed by atoms with Gasteiger partial charge in [-0.25, -0.2) is 0 Å². The van der Waals surface area contributed by atoms with Crippen molar-refractivity contribution in [2.45, 2.75) is 39.2 Å². The highest BCUT2D eigenvalue weighted by molar-refractivity contribution is 7.86. The van der Waals surface area contributed by atoms with Crippen LogP contribution in [-0.4, -0.2) is 20.8 Å². The molecule has 0 heterocycles. The summed E-state index contributed by atoms with van der Waals surface area (Å²) in [5, 5.41) is 0. The third kappa shape index (κ3) is 2.87. The summed E-state index contributed by atoms with van der Waals surface area (Å²) in [6.07, 6.45) is 3.31. The van der Waals surface area contributed by atoms with E-state index in [1.165, 1.54) is 22.3 Å². The highest BCUT2D eigenvalue weighted by atomic mass is 32.2.